The Morgan fingerprint density at radius 2 is 1.57 bits per heavy atom. The van der Waals surface area contributed by atoms with Gasteiger partial charge in [0.05, 0.1) is 12.0 Å². The zero-order chi connectivity index (χ0) is 45.5. The molecule has 4 aromatic carbocycles. The summed E-state index contributed by atoms with van der Waals surface area (Å²) in [6.07, 6.45) is 2.49. The van der Waals surface area contributed by atoms with Gasteiger partial charge in [-0.3, -0.25) is 10.2 Å². The highest BCUT2D eigenvalue weighted by molar-refractivity contribution is 7.90. The number of hydrogen-bond acceptors (Lipinski definition) is 10. The van der Waals surface area contributed by atoms with Gasteiger partial charge < -0.3 is 34.9 Å². The van der Waals surface area contributed by atoms with Crippen molar-refractivity contribution in [2.75, 3.05) is 26.9 Å². The lowest BCUT2D eigenvalue weighted by atomic mass is 9.88. The summed E-state index contributed by atoms with van der Waals surface area (Å²) in [5.41, 5.74) is 7.22. The average molecular weight is 880 g/mol. The maximum absolute atomic E-state index is 14.0. The van der Waals surface area contributed by atoms with Crippen LogP contribution in [0.5, 0.6) is 11.5 Å². The molecule has 15 heteroatoms. The summed E-state index contributed by atoms with van der Waals surface area (Å²) in [4.78, 5) is 40.6. The average Bonchev–Trinajstić information content (AvgIpc) is 3.57. The van der Waals surface area contributed by atoms with Gasteiger partial charge in [0.15, 0.2) is 0 Å². The fourth-order valence-electron chi connectivity index (χ4n) is 8.26. The minimum atomic E-state index is -4.18. The van der Waals surface area contributed by atoms with Gasteiger partial charge in [0, 0.05) is 18.9 Å². The van der Waals surface area contributed by atoms with Crippen LogP contribution in [-0.2, 0) is 41.9 Å². The number of sulfonamides is 1. The normalized spacial score (nSPS) is 14.6. The Balaban J connectivity index is 1.13. The molecule has 63 heavy (non-hydrogen) atoms. The Morgan fingerprint density at radius 1 is 0.921 bits per heavy atom. The Morgan fingerprint density at radius 3 is 2.21 bits per heavy atom. The van der Waals surface area contributed by atoms with Crippen LogP contribution in [0.2, 0.25) is 0 Å². The summed E-state index contributed by atoms with van der Waals surface area (Å²) in [7, 11) is -2.96. The minimum absolute atomic E-state index is 0.0120. The molecule has 14 nitrogen and oxygen atoms in total. The molecule has 2 atom stereocenters. The standard InChI is InChI=1S/C48H57N5O9S/c1-8-26-60-33-21-19-32(20-22-33)27-41(45(55)59-7)51-44(54)40(52-47(56)61-28-39-37-16-11-9-14-35(37)36-15-10-12-17-38(36)39)18-13-25-50-46(49)53-63(57,58)43-30(3)29(2)42-34(31(43)4)23-24-48(5,6)62-42/h8-12,14-17,19-22,39-41H,1,13,18,23-28H2,2-7H3,(H,51,54)(H,52,56)(H3,49,50,53)/t40-,41-/m0/s1. The highest BCUT2D eigenvalue weighted by Crippen LogP contribution is 2.45. The van der Waals surface area contributed by atoms with Crippen LogP contribution < -0.4 is 30.1 Å². The Kier molecular flexibility index (Phi) is 14.5. The molecule has 1 heterocycles. The van der Waals surface area contributed by atoms with E-state index in [0.29, 0.717) is 35.7 Å². The van der Waals surface area contributed by atoms with Crippen LogP contribution in [0.15, 0.2) is 90.3 Å². The molecule has 0 spiro atoms. The summed E-state index contributed by atoms with van der Waals surface area (Å²) in [5.74, 6) is -0.711. The highest BCUT2D eigenvalue weighted by Gasteiger charge is 2.35. The molecule has 0 bridgehead atoms. The van der Waals surface area contributed by atoms with Crippen molar-refractivity contribution in [1.82, 2.24) is 20.7 Å². The fraction of sp³-hybridized carbons (Fsp3) is 0.375. The molecule has 6 rings (SSSR count). The zero-order valence-corrected chi connectivity index (χ0v) is 37.5. The van der Waals surface area contributed by atoms with Crippen LogP contribution >= 0.6 is 0 Å². The van der Waals surface area contributed by atoms with Crippen LogP contribution in [0.4, 0.5) is 4.79 Å². The molecule has 334 valence electrons. The Hall–Kier alpha value is -6.35. The largest absolute Gasteiger partial charge is 0.490 e. The highest BCUT2D eigenvalue weighted by atomic mass is 32.2. The van der Waals surface area contributed by atoms with Crippen molar-refractivity contribution in [3.05, 3.63) is 124 Å². The molecular formula is C48H57N5O9S. The van der Waals surface area contributed by atoms with Gasteiger partial charge in [0.25, 0.3) is 10.0 Å². The molecule has 2 aliphatic rings. The van der Waals surface area contributed by atoms with E-state index in [9.17, 15) is 22.8 Å². The number of methoxy groups -OCH3 is 1. The maximum Gasteiger partial charge on any atom is 0.407 e. The first-order valence-electron chi connectivity index (χ1n) is 21.0. The number of alkyl carbamates (subject to hydrolysis) is 1. The zero-order valence-electron chi connectivity index (χ0n) is 36.7. The molecule has 0 fully saturated rings. The summed E-state index contributed by atoms with van der Waals surface area (Å²) in [6.45, 7) is 13.4. The van der Waals surface area contributed by atoms with Crippen molar-refractivity contribution in [2.24, 2.45) is 0 Å². The lowest BCUT2D eigenvalue weighted by Gasteiger charge is -2.35. The quantitative estimate of drug-likeness (QED) is 0.0252. The summed E-state index contributed by atoms with van der Waals surface area (Å²) < 4.78 is 52.5. The van der Waals surface area contributed by atoms with Gasteiger partial charge in [-0.15, -0.1) is 0 Å². The van der Waals surface area contributed by atoms with Gasteiger partial charge in [0.2, 0.25) is 11.9 Å². The molecule has 0 saturated carbocycles. The smallest absolute Gasteiger partial charge is 0.407 e. The van der Waals surface area contributed by atoms with E-state index in [0.717, 1.165) is 45.4 Å². The number of amides is 2. The van der Waals surface area contributed by atoms with Crippen molar-refractivity contribution >= 4 is 34.0 Å². The Labute approximate surface area is 369 Å². The predicted octanol–water partition coefficient (Wildman–Crippen LogP) is 6.67. The van der Waals surface area contributed by atoms with E-state index in [1.165, 1.54) is 7.11 Å². The molecule has 1 aliphatic carbocycles. The first-order chi connectivity index (χ1) is 30.0. The van der Waals surface area contributed by atoms with Gasteiger partial charge in [-0.05, 0) is 123 Å². The molecule has 0 unspecified atom stereocenters. The first-order valence-corrected chi connectivity index (χ1v) is 22.5. The van der Waals surface area contributed by atoms with Crippen LogP contribution in [0.3, 0.4) is 0 Å². The van der Waals surface area contributed by atoms with Crippen molar-refractivity contribution in [3.8, 4) is 22.6 Å². The van der Waals surface area contributed by atoms with Crippen molar-refractivity contribution < 1.29 is 41.7 Å². The Bertz CT molecular complexity index is 2440. The van der Waals surface area contributed by atoms with E-state index in [4.69, 9.17) is 24.4 Å². The fourth-order valence-corrected chi connectivity index (χ4v) is 9.79. The van der Waals surface area contributed by atoms with Gasteiger partial charge in [-0.2, -0.15) is 0 Å². The van der Waals surface area contributed by atoms with Crippen LogP contribution in [0, 0.1) is 26.2 Å². The number of fused-ring (bicyclic) bond motifs is 4. The van der Waals surface area contributed by atoms with E-state index in [1.807, 2.05) is 69.3 Å². The monoisotopic (exact) mass is 879 g/mol. The third-order valence-corrected chi connectivity index (χ3v) is 13.3. The van der Waals surface area contributed by atoms with E-state index in [-0.39, 0.29) is 48.8 Å². The number of nitrogens with one attached hydrogen (secondary N) is 5. The SMILES string of the molecule is C=CCOc1ccc(C[C@H](NC(=O)[C@H](CCCNC(=N)NS(=O)(=O)c2c(C)c(C)c3c(c2C)CCC(C)(C)O3)NC(=O)OCC2c3ccccc3-c3ccccc32)C(=O)OC)cc1. The molecule has 4 aromatic rings. The second kappa shape index (κ2) is 19.8. The lowest BCUT2D eigenvalue weighted by Crippen LogP contribution is -2.52. The van der Waals surface area contributed by atoms with Crippen molar-refractivity contribution in [2.45, 2.75) is 95.2 Å². The van der Waals surface area contributed by atoms with E-state index >= 15 is 0 Å². The van der Waals surface area contributed by atoms with Crippen LogP contribution in [-0.4, -0.2) is 76.9 Å². The molecule has 1 aliphatic heterocycles. The lowest BCUT2D eigenvalue weighted by molar-refractivity contribution is -0.145. The number of esters is 1. The van der Waals surface area contributed by atoms with E-state index in [1.54, 1.807) is 44.2 Å². The maximum atomic E-state index is 14.0. The van der Waals surface area contributed by atoms with E-state index in [2.05, 4.69) is 27.3 Å². The first kappa shape index (κ1) is 46.2. The second-order valence-electron chi connectivity index (χ2n) is 16.5. The minimum Gasteiger partial charge on any atom is -0.490 e. The number of ether oxygens (including phenoxy) is 4. The molecule has 5 N–H and O–H groups in total. The number of carbonyl (C=O) groups is 3. The summed E-state index contributed by atoms with van der Waals surface area (Å²) in [6, 6.07) is 20.6. The molecule has 0 radical (unpaired) electrons. The third-order valence-electron chi connectivity index (χ3n) is 11.6. The van der Waals surface area contributed by atoms with Crippen molar-refractivity contribution in [1.29, 1.82) is 5.41 Å². The van der Waals surface area contributed by atoms with Crippen LogP contribution in [0.1, 0.15) is 78.0 Å². The third kappa shape index (κ3) is 10.8. The molecule has 0 aromatic heterocycles. The second-order valence-corrected chi connectivity index (χ2v) is 18.1. The topological polar surface area (TPSA) is 194 Å². The van der Waals surface area contributed by atoms with Gasteiger partial charge in [0.1, 0.15) is 42.4 Å². The molecule has 2 amide bonds. The van der Waals surface area contributed by atoms with Crippen LogP contribution in [0.25, 0.3) is 11.1 Å². The number of benzene rings is 4. The summed E-state index contributed by atoms with van der Waals surface area (Å²) in [5, 5.41) is 16.7. The van der Waals surface area contributed by atoms with Gasteiger partial charge in [-0.1, -0.05) is 73.3 Å². The number of carbonyl (C=O) groups excluding carboxylic acids is 3. The van der Waals surface area contributed by atoms with Gasteiger partial charge >= 0.3 is 12.1 Å². The predicted molar refractivity (Wildman–Crippen MR) is 241 cm³/mol. The van der Waals surface area contributed by atoms with E-state index < -0.39 is 46.0 Å². The van der Waals surface area contributed by atoms with Crippen molar-refractivity contribution in [3.63, 3.8) is 0 Å². The summed E-state index contributed by atoms with van der Waals surface area (Å²) >= 11 is 0. The van der Waals surface area contributed by atoms with Gasteiger partial charge in [-0.25, -0.2) is 22.7 Å². The number of rotatable bonds is 17. The molecular weight excluding hydrogens is 823 g/mol. The molecule has 0 saturated heterocycles. The number of hydrogen-bond donors (Lipinski definition) is 5. The number of guanidine groups is 1.